The van der Waals surface area contributed by atoms with Crippen LogP contribution in [-0.4, -0.2) is 51.6 Å². The number of pyridine rings is 1. The highest BCUT2D eigenvalue weighted by atomic mass is 15.3. The summed E-state index contributed by atoms with van der Waals surface area (Å²) < 4.78 is 0. The molecule has 1 N–H and O–H groups in total. The third kappa shape index (κ3) is 5.81. The maximum atomic E-state index is 9.45. The number of nitrogens with one attached hydrogen (secondary N) is 1. The molecular weight excluding hydrogens is 458 g/mol. The number of hydrogen-bond donors (Lipinski definition) is 1. The van der Waals surface area contributed by atoms with Crippen LogP contribution in [0.1, 0.15) is 57.4 Å². The molecule has 0 aliphatic carbocycles. The minimum Gasteiger partial charge on any atom is -0.367 e. The Labute approximate surface area is 220 Å². The quantitative estimate of drug-likeness (QED) is 0.386. The van der Waals surface area contributed by atoms with Crippen LogP contribution in [0.3, 0.4) is 0 Å². The molecule has 1 saturated heterocycles. The summed E-state index contributed by atoms with van der Waals surface area (Å²) in [5, 5.41) is 12.7. The smallest absolute Gasteiger partial charge is 0.228 e. The number of aromatic nitrogens is 3. The van der Waals surface area contributed by atoms with Crippen molar-refractivity contribution in [3.63, 3.8) is 0 Å². The summed E-state index contributed by atoms with van der Waals surface area (Å²) in [7, 11) is 0. The van der Waals surface area contributed by atoms with E-state index in [1.165, 1.54) is 18.5 Å². The molecule has 1 aliphatic heterocycles. The van der Waals surface area contributed by atoms with Crippen LogP contribution in [0.25, 0.3) is 17.3 Å². The fourth-order valence-electron chi connectivity index (χ4n) is 5.29. The molecule has 0 spiro atoms. The van der Waals surface area contributed by atoms with Gasteiger partial charge in [0, 0.05) is 43.5 Å². The van der Waals surface area contributed by atoms with E-state index in [0.29, 0.717) is 23.6 Å². The summed E-state index contributed by atoms with van der Waals surface area (Å²) in [6.45, 7) is 16.0. The largest absolute Gasteiger partial charge is 0.367 e. The molecule has 0 amide bonds. The molecule has 1 fully saturated rings. The molecule has 2 aromatic heterocycles. The number of hydrogen-bond acceptors (Lipinski definition) is 7. The lowest BCUT2D eigenvalue weighted by molar-refractivity contribution is 0.121. The van der Waals surface area contributed by atoms with E-state index in [2.05, 4.69) is 71.5 Å². The van der Waals surface area contributed by atoms with Crippen molar-refractivity contribution >= 4 is 23.5 Å². The summed E-state index contributed by atoms with van der Waals surface area (Å²) in [6, 6.07) is 15.1. The second-order valence-electron chi connectivity index (χ2n) is 9.53. The summed E-state index contributed by atoms with van der Waals surface area (Å²) in [4.78, 5) is 19.1. The number of nitrogens with zero attached hydrogens (tertiary/aromatic N) is 6. The SMILES string of the molecule is C=Cc1ccc(-c2ccnc(Nc3ccc(N4CCN(C(CC)CC)[C@@H](C)C4)c(CC)n3)n2)cc1C#N. The van der Waals surface area contributed by atoms with Gasteiger partial charge >= 0.3 is 0 Å². The van der Waals surface area contributed by atoms with Gasteiger partial charge < -0.3 is 10.2 Å². The van der Waals surface area contributed by atoms with Crippen molar-refractivity contribution in [3.05, 3.63) is 66.0 Å². The molecule has 1 atom stereocenters. The van der Waals surface area contributed by atoms with E-state index in [4.69, 9.17) is 4.98 Å². The molecule has 0 radical (unpaired) electrons. The monoisotopic (exact) mass is 495 g/mol. The van der Waals surface area contributed by atoms with Gasteiger partial charge in [0.15, 0.2) is 0 Å². The van der Waals surface area contributed by atoms with E-state index in [-0.39, 0.29) is 0 Å². The first-order valence-corrected chi connectivity index (χ1v) is 13.3. The zero-order valence-electron chi connectivity index (χ0n) is 22.4. The van der Waals surface area contributed by atoms with Crippen LogP contribution in [0, 0.1) is 11.3 Å². The Hall–Kier alpha value is -3.76. The Morgan fingerprint density at radius 2 is 1.95 bits per heavy atom. The van der Waals surface area contributed by atoms with Crippen LogP contribution in [-0.2, 0) is 6.42 Å². The van der Waals surface area contributed by atoms with Crippen LogP contribution in [0.15, 0.2) is 49.2 Å². The van der Waals surface area contributed by atoms with Gasteiger partial charge in [-0.05, 0) is 56.0 Å². The Balaban J connectivity index is 1.51. The summed E-state index contributed by atoms with van der Waals surface area (Å²) in [6.07, 6.45) is 6.65. The topological polar surface area (TPSA) is 81.0 Å². The molecular formula is C30H37N7. The minimum atomic E-state index is 0.471. The van der Waals surface area contributed by atoms with Gasteiger partial charge in [-0.2, -0.15) is 5.26 Å². The summed E-state index contributed by atoms with van der Waals surface area (Å²) >= 11 is 0. The van der Waals surface area contributed by atoms with Gasteiger partial charge in [-0.3, -0.25) is 4.90 Å². The minimum absolute atomic E-state index is 0.471. The van der Waals surface area contributed by atoms with E-state index in [0.717, 1.165) is 54.4 Å². The van der Waals surface area contributed by atoms with Gasteiger partial charge in [0.2, 0.25) is 5.95 Å². The number of nitriles is 1. The summed E-state index contributed by atoms with van der Waals surface area (Å²) in [5.41, 5.74) is 5.25. The third-order valence-corrected chi connectivity index (χ3v) is 7.30. The fraction of sp³-hybridized carbons (Fsp3) is 0.400. The molecule has 3 aromatic rings. The Morgan fingerprint density at radius 3 is 2.62 bits per heavy atom. The number of aryl methyl sites for hydroxylation is 1. The molecule has 4 rings (SSSR count). The third-order valence-electron chi connectivity index (χ3n) is 7.30. The molecule has 1 aliphatic rings. The Morgan fingerprint density at radius 1 is 1.14 bits per heavy atom. The van der Waals surface area contributed by atoms with Gasteiger partial charge in [-0.1, -0.05) is 45.6 Å². The average Bonchev–Trinajstić information content (AvgIpc) is 2.94. The zero-order valence-corrected chi connectivity index (χ0v) is 22.4. The van der Waals surface area contributed by atoms with Gasteiger partial charge in [-0.25, -0.2) is 15.0 Å². The first kappa shape index (κ1) is 26.3. The molecule has 7 nitrogen and oxygen atoms in total. The van der Waals surface area contributed by atoms with Crippen molar-refractivity contribution in [1.29, 1.82) is 5.26 Å². The first-order chi connectivity index (χ1) is 18.0. The van der Waals surface area contributed by atoms with Gasteiger partial charge in [0.1, 0.15) is 5.82 Å². The molecule has 192 valence electrons. The highest BCUT2D eigenvalue weighted by molar-refractivity contribution is 5.68. The van der Waals surface area contributed by atoms with Gasteiger partial charge in [-0.15, -0.1) is 0 Å². The number of piperazine rings is 1. The first-order valence-electron chi connectivity index (χ1n) is 13.3. The maximum Gasteiger partial charge on any atom is 0.228 e. The highest BCUT2D eigenvalue weighted by Gasteiger charge is 2.28. The predicted molar refractivity (Wildman–Crippen MR) is 152 cm³/mol. The number of anilines is 3. The van der Waals surface area contributed by atoms with E-state index < -0.39 is 0 Å². The van der Waals surface area contributed by atoms with Crippen molar-refractivity contribution < 1.29 is 0 Å². The van der Waals surface area contributed by atoms with Gasteiger partial charge in [0.25, 0.3) is 0 Å². The second kappa shape index (κ2) is 12.0. The van der Waals surface area contributed by atoms with Crippen LogP contribution in [0.5, 0.6) is 0 Å². The summed E-state index contributed by atoms with van der Waals surface area (Å²) in [5.74, 6) is 1.19. The molecule has 0 bridgehead atoms. The van der Waals surface area contributed by atoms with Crippen molar-refractivity contribution in [2.75, 3.05) is 29.9 Å². The lowest BCUT2D eigenvalue weighted by Gasteiger charge is -2.44. The number of rotatable bonds is 9. The highest BCUT2D eigenvalue weighted by Crippen LogP contribution is 2.28. The Kier molecular flexibility index (Phi) is 8.52. The van der Waals surface area contributed by atoms with Crippen LogP contribution in [0.4, 0.5) is 17.5 Å². The maximum absolute atomic E-state index is 9.45. The standard InChI is InChI=1S/C30H37N7/c1-6-22-10-11-23(18-24(22)19-31)27-14-15-32-30(34-27)35-29-13-12-28(26(9-4)33-29)36-16-17-37(21(5)20-36)25(7-2)8-3/h6,10-15,18,21,25H,1,7-9,16-17,20H2,2-5H3,(H,32,33,34,35)/t21-/m0/s1. The van der Waals surface area contributed by atoms with Crippen molar-refractivity contribution in [2.24, 2.45) is 0 Å². The average molecular weight is 496 g/mol. The van der Waals surface area contributed by atoms with Crippen molar-refractivity contribution in [2.45, 2.75) is 59.0 Å². The van der Waals surface area contributed by atoms with E-state index in [1.807, 2.05) is 30.3 Å². The predicted octanol–water partition coefficient (Wildman–Crippen LogP) is 6.06. The van der Waals surface area contributed by atoms with Crippen LogP contribution >= 0.6 is 0 Å². The molecule has 1 aromatic carbocycles. The number of benzene rings is 1. The van der Waals surface area contributed by atoms with E-state index in [1.54, 1.807) is 12.3 Å². The molecule has 0 saturated carbocycles. The molecule has 0 unspecified atom stereocenters. The fourth-order valence-corrected chi connectivity index (χ4v) is 5.29. The molecule has 7 heteroatoms. The van der Waals surface area contributed by atoms with Crippen LogP contribution in [0.2, 0.25) is 0 Å². The van der Waals surface area contributed by atoms with Crippen molar-refractivity contribution in [1.82, 2.24) is 19.9 Å². The normalized spacial score (nSPS) is 16.0. The zero-order chi connectivity index (χ0) is 26.4. The lowest BCUT2D eigenvalue weighted by atomic mass is 10.0. The van der Waals surface area contributed by atoms with E-state index >= 15 is 0 Å². The van der Waals surface area contributed by atoms with Crippen LogP contribution < -0.4 is 10.2 Å². The molecule has 37 heavy (non-hydrogen) atoms. The Bertz CT molecular complexity index is 1280. The van der Waals surface area contributed by atoms with Crippen molar-refractivity contribution in [3.8, 4) is 17.3 Å². The second-order valence-corrected chi connectivity index (χ2v) is 9.53. The van der Waals surface area contributed by atoms with E-state index in [9.17, 15) is 5.26 Å². The molecule has 3 heterocycles. The van der Waals surface area contributed by atoms with Gasteiger partial charge in [0.05, 0.1) is 28.7 Å². The lowest BCUT2D eigenvalue weighted by Crippen LogP contribution is -2.55.